The number of nitrogens with one attached hydrogen (secondary N) is 3. The van der Waals surface area contributed by atoms with Crippen molar-refractivity contribution < 1.29 is 9.53 Å². The molecule has 2 atom stereocenters. The molecule has 2 fully saturated rings. The van der Waals surface area contributed by atoms with E-state index in [-0.39, 0.29) is 18.4 Å². The van der Waals surface area contributed by atoms with E-state index in [1.165, 1.54) is 0 Å². The summed E-state index contributed by atoms with van der Waals surface area (Å²) in [5.74, 6) is -0.0560. The van der Waals surface area contributed by atoms with Crippen molar-refractivity contribution in [1.82, 2.24) is 21.0 Å². The molecule has 7 nitrogen and oxygen atoms in total. The minimum Gasteiger partial charge on any atom is -0.379 e. The Kier molecular flexibility index (Phi) is 4.43. The number of fused-ring (bicyclic) bond motifs is 1. The Morgan fingerprint density at radius 3 is 2.56 bits per heavy atom. The fraction of sp³-hybridized carbons (Fsp3) is 0.471. The van der Waals surface area contributed by atoms with Crippen LogP contribution in [-0.2, 0) is 9.53 Å². The fourth-order valence-electron chi connectivity index (χ4n) is 3.63. The molecule has 4 rings (SSSR count). The highest BCUT2D eigenvalue weighted by molar-refractivity contribution is 6.30. The Balaban J connectivity index is 1.55. The molecule has 0 aliphatic carbocycles. The average Bonchev–Trinajstić information content (AvgIpc) is 2.99. The van der Waals surface area contributed by atoms with E-state index in [1.54, 1.807) is 0 Å². The molecule has 0 aromatic heterocycles. The largest absolute Gasteiger partial charge is 0.379 e. The zero-order valence-electron chi connectivity index (χ0n) is 14.3. The third-order valence-corrected chi connectivity index (χ3v) is 5.03. The van der Waals surface area contributed by atoms with Crippen molar-refractivity contribution in [3.63, 3.8) is 0 Å². The number of ether oxygens (including phenoxy) is 1. The van der Waals surface area contributed by atoms with E-state index >= 15 is 0 Å². The van der Waals surface area contributed by atoms with E-state index in [2.05, 4.69) is 21.0 Å². The normalized spacial score (nSPS) is 27.1. The summed E-state index contributed by atoms with van der Waals surface area (Å²) in [5, 5.41) is 9.12. The summed E-state index contributed by atoms with van der Waals surface area (Å²) in [6.45, 7) is 6.99. The van der Waals surface area contributed by atoms with Crippen LogP contribution < -0.4 is 21.1 Å². The van der Waals surface area contributed by atoms with Gasteiger partial charge in [0.05, 0.1) is 24.5 Å². The van der Waals surface area contributed by atoms with Crippen LogP contribution in [-0.4, -0.2) is 49.6 Å². The molecule has 25 heavy (non-hydrogen) atoms. The highest BCUT2D eigenvalue weighted by atomic mass is 35.5. The molecule has 3 aliphatic heterocycles. The highest BCUT2D eigenvalue weighted by Crippen LogP contribution is 2.31. The van der Waals surface area contributed by atoms with Crippen LogP contribution in [0.2, 0.25) is 5.02 Å². The number of rotatable bonds is 2. The Labute approximate surface area is 151 Å². The van der Waals surface area contributed by atoms with E-state index in [9.17, 15) is 4.79 Å². The van der Waals surface area contributed by atoms with Gasteiger partial charge in [0.2, 0.25) is 0 Å². The average molecular weight is 364 g/mol. The predicted octanol–water partition coefficient (Wildman–Crippen LogP) is 0.827. The molecule has 2 unspecified atom stereocenters. The number of benzene rings is 1. The summed E-state index contributed by atoms with van der Waals surface area (Å²) in [4.78, 5) is 14.7. The van der Waals surface area contributed by atoms with Crippen LogP contribution >= 0.6 is 11.6 Å². The molecule has 134 valence electrons. The molecule has 0 bridgehead atoms. The minimum absolute atomic E-state index is 0.0560. The minimum atomic E-state index is -0.226. The van der Waals surface area contributed by atoms with Crippen LogP contribution in [0.25, 0.3) is 0 Å². The monoisotopic (exact) mass is 363 g/mol. The molecular weight excluding hydrogens is 342 g/mol. The summed E-state index contributed by atoms with van der Waals surface area (Å²) < 4.78 is 5.39. The first-order chi connectivity index (χ1) is 12.0. The van der Waals surface area contributed by atoms with E-state index in [1.807, 2.05) is 37.2 Å². The van der Waals surface area contributed by atoms with Gasteiger partial charge in [-0.2, -0.15) is 0 Å². The van der Waals surface area contributed by atoms with E-state index in [0.29, 0.717) is 23.8 Å². The van der Waals surface area contributed by atoms with Crippen molar-refractivity contribution in [2.45, 2.75) is 26.3 Å². The van der Waals surface area contributed by atoms with Gasteiger partial charge in [0.1, 0.15) is 12.5 Å². The van der Waals surface area contributed by atoms with Crippen molar-refractivity contribution >= 4 is 23.2 Å². The van der Waals surface area contributed by atoms with E-state index in [4.69, 9.17) is 16.3 Å². The summed E-state index contributed by atoms with van der Waals surface area (Å²) in [7, 11) is 0. The standard InChI is InChI=1S/C17H22ClN5O2/c1-10-7-12(18)8-11(2)14(10)23-9-13-15(21-23)19-17(20-16(13)24)22-3-5-25-6-4-22/h7-9,15,17,19,21H,3-6H2,1-2H3,(H,20,24). The number of morpholine rings is 1. The van der Waals surface area contributed by atoms with Crippen LogP contribution in [0.15, 0.2) is 23.9 Å². The molecule has 0 spiro atoms. The number of hydrogen-bond acceptors (Lipinski definition) is 6. The molecular formula is C17H22ClN5O2. The number of hydrogen-bond donors (Lipinski definition) is 3. The van der Waals surface area contributed by atoms with Gasteiger partial charge in [0, 0.05) is 24.3 Å². The van der Waals surface area contributed by atoms with Crippen LogP contribution in [0, 0.1) is 13.8 Å². The Hall–Kier alpha value is -1.64. The first kappa shape index (κ1) is 16.8. The molecule has 1 amide bonds. The van der Waals surface area contributed by atoms with Crippen molar-refractivity contribution in [1.29, 1.82) is 0 Å². The topological polar surface area (TPSA) is 68.9 Å². The number of aryl methyl sites for hydroxylation is 2. The van der Waals surface area contributed by atoms with Gasteiger partial charge >= 0.3 is 0 Å². The van der Waals surface area contributed by atoms with Gasteiger partial charge in [0.25, 0.3) is 5.91 Å². The van der Waals surface area contributed by atoms with Gasteiger partial charge in [0.15, 0.2) is 0 Å². The van der Waals surface area contributed by atoms with E-state index in [0.717, 1.165) is 29.9 Å². The summed E-state index contributed by atoms with van der Waals surface area (Å²) in [5.41, 5.74) is 7.18. The van der Waals surface area contributed by atoms with Gasteiger partial charge in [-0.3, -0.25) is 20.0 Å². The van der Waals surface area contributed by atoms with Crippen LogP contribution in [0.4, 0.5) is 5.69 Å². The lowest BCUT2D eigenvalue weighted by molar-refractivity contribution is -0.123. The second kappa shape index (κ2) is 6.59. The van der Waals surface area contributed by atoms with Crippen LogP contribution in [0.5, 0.6) is 0 Å². The second-order valence-electron chi connectivity index (χ2n) is 6.60. The molecule has 3 N–H and O–H groups in total. The quantitative estimate of drug-likeness (QED) is 0.723. The zero-order valence-corrected chi connectivity index (χ0v) is 15.1. The van der Waals surface area contributed by atoms with Gasteiger partial charge in [-0.15, -0.1) is 0 Å². The van der Waals surface area contributed by atoms with Crippen molar-refractivity contribution in [2.24, 2.45) is 0 Å². The molecule has 3 aliphatic rings. The maximum absolute atomic E-state index is 12.6. The van der Waals surface area contributed by atoms with Crippen molar-refractivity contribution in [2.75, 3.05) is 31.3 Å². The number of carbonyl (C=O) groups excluding carboxylic acids is 1. The van der Waals surface area contributed by atoms with Crippen LogP contribution in [0.3, 0.4) is 0 Å². The number of hydrazine groups is 1. The van der Waals surface area contributed by atoms with E-state index < -0.39 is 0 Å². The Morgan fingerprint density at radius 2 is 1.88 bits per heavy atom. The number of anilines is 1. The maximum atomic E-state index is 12.6. The number of amides is 1. The van der Waals surface area contributed by atoms with Gasteiger partial charge in [-0.05, 0) is 37.1 Å². The molecule has 3 heterocycles. The van der Waals surface area contributed by atoms with Crippen molar-refractivity contribution in [3.05, 3.63) is 40.1 Å². The number of carbonyl (C=O) groups is 1. The molecule has 1 aromatic carbocycles. The lowest BCUT2D eigenvalue weighted by atomic mass is 10.1. The number of nitrogens with zero attached hydrogens (tertiary/aromatic N) is 2. The first-order valence-corrected chi connectivity index (χ1v) is 8.83. The summed E-state index contributed by atoms with van der Waals surface area (Å²) in [6.07, 6.45) is 1.43. The fourth-order valence-corrected chi connectivity index (χ4v) is 3.96. The van der Waals surface area contributed by atoms with Gasteiger partial charge in [-0.25, -0.2) is 5.43 Å². The lowest BCUT2D eigenvalue weighted by Crippen LogP contribution is -2.68. The Bertz CT molecular complexity index is 709. The molecule has 8 heteroatoms. The molecule has 0 radical (unpaired) electrons. The second-order valence-corrected chi connectivity index (χ2v) is 7.03. The molecule has 2 saturated heterocycles. The Morgan fingerprint density at radius 1 is 1.20 bits per heavy atom. The molecule has 0 saturated carbocycles. The van der Waals surface area contributed by atoms with Gasteiger partial charge < -0.3 is 10.1 Å². The van der Waals surface area contributed by atoms with Gasteiger partial charge in [-0.1, -0.05) is 11.6 Å². The zero-order chi connectivity index (χ0) is 17.6. The predicted molar refractivity (Wildman–Crippen MR) is 95.9 cm³/mol. The van der Waals surface area contributed by atoms with Crippen molar-refractivity contribution in [3.8, 4) is 0 Å². The third kappa shape index (κ3) is 3.14. The maximum Gasteiger partial charge on any atom is 0.254 e. The highest BCUT2D eigenvalue weighted by Gasteiger charge is 2.39. The summed E-state index contributed by atoms with van der Waals surface area (Å²) >= 11 is 6.13. The third-order valence-electron chi connectivity index (χ3n) is 4.81. The van der Waals surface area contributed by atoms with Crippen LogP contribution in [0.1, 0.15) is 11.1 Å². The molecule has 1 aromatic rings. The smallest absolute Gasteiger partial charge is 0.254 e. The first-order valence-electron chi connectivity index (χ1n) is 8.45. The lowest BCUT2D eigenvalue weighted by Gasteiger charge is -2.40. The SMILES string of the molecule is Cc1cc(Cl)cc(C)c1N1C=C2C(=O)NC(N3CCOCC3)NC2N1. The summed E-state index contributed by atoms with van der Waals surface area (Å²) in [6, 6.07) is 3.85. The number of halogens is 1.